The molecular weight excluding hydrogens is 196 g/mol. The number of nitrogens with one attached hydrogen (secondary N) is 1. The minimum atomic E-state index is 0.391. The van der Waals surface area contributed by atoms with Crippen LogP contribution in [0.3, 0.4) is 0 Å². The lowest BCUT2D eigenvalue weighted by Crippen LogP contribution is -2.43. The fourth-order valence-electron chi connectivity index (χ4n) is 2.65. The van der Waals surface area contributed by atoms with E-state index in [4.69, 9.17) is 0 Å². The second-order valence-electron chi connectivity index (χ2n) is 6.37. The molecule has 2 nitrogen and oxygen atoms in total. The second-order valence-corrected chi connectivity index (χ2v) is 6.37. The highest BCUT2D eigenvalue weighted by Crippen LogP contribution is 2.25. The van der Waals surface area contributed by atoms with Crippen LogP contribution < -0.4 is 5.32 Å². The van der Waals surface area contributed by atoms with Crippen LogP contribution in [0.15, 0.2) is 0 Å². The Morgan fingerprint density at radius 1 is 1.38 bits per heavy atom. The molecule has 0 aromatic carbocycles. The zero-order valence-corrected chi connectivity index (χ0v) is 11.8. The summed E-state index contributed by atoms with van der Waals surface area (Å²) in [5.74, 6) is 0. The Morgan fingerprint density at radius 2 is 2.06 bits per heavy atom. The topological polar surface area (TPSA) is 15.3 Å². The fourth-order valence-corrected chi connectivity index (χ4v) is 2.65. The highest BCUT2D eigenvalue weighted by atomic mass is 15.2. The molecule has 1 unspecified atom stereocenters. The van der Waals surface area contributed by atoms with Crippen molar-refractivity contribution in [3.05, 3.63) is 0 Å². The van der Waals surface area contributed by atoms with Crippen LogP contribution in [0.1, 0.15) is 53.9 Å². The Hall–Kier alpha value is -0.0800. The van der Waals surface area contributed by atoms with Crippen molar-refractivity contribution in [2.45, 2.75) is 66.0 Å². The lowest BCUT2D eigenvalue weighted by molar-refractivity contribution is 0.157. The average Bonchev–Trinajstić information content (AvgIpc) is 2.61. The van der Waals surface area contributed by atoms with E-state index in [1.165, 1.54) is 32.4 Å². The molecule has 0 aliphatic carbocycles. The maximum Gasteiger partial charge on any atom is 0.00933 e. The van der Waals surface area contributed by atoms with E-state index in [1.807, 2.05) is 0 Å². The molecular formula is C14H30N2. The van der Waals surface area contributed by atoms with E-state index in [2.05, 4.69) is 44.8 Å². The van der Waals surface area contributed by atoms with Gasteiger partial charge in [0.1, 0.15) is 0 Å². The first-order valence-corrected chi connectivity index (χ1v) is 6.92. The number of likely N-dealkylation sites (tertiary alicyclic amines) is 1. The third-order valence-corrected chi connectivity index (χ3v) is 3.59. The van der Waals surface area contributed by atoms with Gasteiger partial charge in [-0.2, -0.15) is 0 Å². The van der Waals surface area contributed by atoms with Gasteiger partial charge in [0.05, 0.1) is 0 Å². The summed E-state index contributed by atoms with van der Waals surface area (Å²) in [6.07, 6.45) is 4.12. The normalized spacial score (nSPS) is 23.2. The number of nitrogens with zero attached hydrogens (tertiary/aromatic N) is 1. The molecule has 1 saturated heterocycles. The largest absolute Gasteiger partial charge is 0.314 e. The first-order chi connectivity index (χ1) is 7.44. The summed E-state index contributed by atoms with van der Waals surface area (Å²) >= 11 is 0. The predicted octanol–water partition coefficient (Wildman–Crippen LogP) is 2.89. The molecule has 1 fully saturated rings. The quantitative estimate of drug-likeness (QED) is 0.749. The second kappa shape index (κ2) is 6.02. The summed E-state index contributed by atoms with van der Waals surface area (Å²) in [5.41, 5.74) is 0.391. The number of hydrogen-bond donors (Lipinski definition) is 1. The van der Waals surface area contributed by atoms with E-state index in [1.54, 1.807) is 0 Å². The van der Waals surface area contributed by atoms with Crippen LogP contribution in [0.25, 0.3) is 0 Å². The minimum absolute atomic E-state index is 0.391. The van der Waals surface area contributed by atoms with E-state index < -0.39 is 0 Å². The molecule has 96 valence electrons. The summed E-state index contributed by atoms with van der Waals surface area (Å²) in [6, 6.07) is 1.44. The van der Waals surface area contributed by atoms with Gasteiger partial charge in [0.15, 0.2) is 0 Å². The Bertz CT molecular complexity index is 199. The average molecular weight is 226 g/mol. The van der Waals surface area contributed by atoms with Crippen molar-refractivity contribution in [2.24, 2.45) is 5.41 Å². The van der Waals surface area contributed by atoms with Gasteiger partial charge in [-0.15, -0.1) is 0 Å². The molecule has 0 spiro atoms. The van der Waals surface area contributed by atoms with Crippen LogP contribution in [-0.2, 0) is 0 Å². The fraction of sp³-hybridized carbons (Fsp3) is 1.00. The summed E-state index contributed by atoms with van der Waals surface area (Å²) in [4.78, 5) is 2.70. The molecule has 1 aliphatic heterocycles. The van der Waals surface area contributed by atoms with Gasteiger partial charge >= 0.3 is 0 Å². The smallest absolute Gasteiger partial charge is 0.00933 e. The molecule has 0 saturated carbocycles. The molecule has 0 aromatic heterocycles. The van der Waals surface area contributed by atoms with Crippen LogP contribution in [0.5, 0.6) is 0 Å². The molecule has 0 amide bonds. The van der Waals surface area contributed by atoms with Gasteiger partial charge in [-0.3, -0.25) is 4.90 Å². The van der Waals surface area contributed by atoms with Gasteiger partial charge in [0, 0.05) is 25.2 Å². The highest BCUT2D eigenvalue weighted by Gasteiger charge is 2.28. The summed E-state index contributed by atoms with van der Waals surface area (Å²) in [7, 11) is 0. The van der Waals surface area contributed by atoms with E-state index in [0.29, 0.717) is 11.5 Å². The van der Waals surface area contributed by atoms with Crippen molar-refractivity contribution in [2.75, 3.05) is 19.6 Å². The van der Waals surface area contributed by atoms with Crippen molar-refractivity contribution < 1.29 is 0 Å². The van der Waals surface area contributed by atoms with Gasteiger partial charge < -0.3 is 5.32 Å². The van der Waals surface area contributed by atoms with Crippen LogP contribution in [0.4, 0.5) is 0 Å². The summed E-state index contributed by atoms with van der Waals surface area (Å²) < 4.78 is 0. The molecule has 1 atom stereocenters. The standard InChI is InChI=1S/C14H30N2/c1-6-13-8-7-9-16(13)11-14(4,5)10-15-12(2)3/h12-13,15H,6-11H2,1-5H3. The molecule has 2 heteroatoms. The van der Waals surface area contributed by atoms with Crippen LogP contribution in [-0.4, -0.2) is 36.6 Å². The predicted molar refractivity (Wildman–Crippen MR) is 71.8 cm³/mol. The molecule has 0 aromatic rings. The maximum absolute atomic E-state index is 3.57. The van der Waals surface area contributed by atoms with Gasteiger partial charge in [-0.1, -0.05) is 34.6 Å². The van der Waals surface area contributed by atoms with Crippen molar-refractivity contribution in [1.29, 1.82) is 0 Å². The maximum atomic E-state index is 3.57. The van der Waals surface area contributed by atoms with Gasteiger partial charge in [-0.05, 0) is 31.2 Å². The third-order valence-electron chi connectivity index (χ3n) is 3.59. The first kappa shape index (κ1) is 14.0. The number of rotatable bonds is 6. The van der Waals surface area contributed by atoms with Gasteiger partial charge in [-0.25, -0.2) is 0 Å². The van der Waals surface area contributed by atoms with Crippen LogP contribution >= 0.6 is 0 Å². The summed E-state index contributed by atoms with van der Waals surface area (Å²) in [6.45, 7) is 15.2. The Morgan fingerprint density at radius 3 is 2.62 bits per heavy atom. The van der Waals surface area contributed by atoms with Crippen LogP contribution in [0.2, 0.25) is 0 Å². The Balaban J connectivity index is 2.38. The van der Waals surface area contributed by atoms with E-state index in [-0.39, 0.29) is 0 Å². The lowest BCUT2D eigenvalue weighted by Gasteiger charge is -2.34. The zero-order valence-electron chi connectivity index (χ0n) is 11.8. The Kier molecular flexibility index (Phi) is 5.26. The molecule has 16 heavy (non-hydrogen) atoms. The van der Waals surface area contributed by atoms with Gasteiger partial charge in [0.25, 0.3) is 0 Å². The molecule has 1 aliphatic rings. The third kappa shape index (κ3) is 4.42. The summed E-state index contributed by atoms with van der Waals surface area (Å²) in [5, 5.41) is 3.57. The molecule has 0 radical (unpaired) electrons. The van der Waals surface area contributed by atoms with E-state index >= 15 is 0 Å². The minimum Gasteiger partial charge on any atom is -0.314 e. The molecule has 1 N–H and O–H groups in total. The monoisotopic (exact) mass is 226 g/mol. The van der Waals surface area contributed by atoms with Crippen LogP contribution in [0, 0.1) is 5.41 Å². The van der Waals surface area contributed by atoms with Gasteiger partial charge in [0.2, 0.25) is 0 Å². The van der Waals surface area contributed by atoms with Crippen molar-refractivity contribution in [3.8, 4) is 0 Å². The highest BCUT2D eigenvalue weighted by molar-refractivity contribution is 4.84. The van der Waals surface area contributed by atoms with Crippen molar-refractivity contribution >= 4 is 0 Å². The first-order valence-electron chi connectivity index (χ1n) is 6.92. The molecule has 1 rings (SSSR count). The number of hydrogen-bond acceptors (Lipinski definition) is 2. The SMILES string of the molecule is CCC1CCCN1CC(C)(C)CNC(C)C. The lowest BCUT2D eigenvalue weighted by atomic mass is 9.92. The molecule has 0 bridgehead atoms. The molecule has 1 heterocycles. The Labute approximate surface area is 102 Å². The van der Waals surface area contributed by atoms with E-state index in [9.17, 15) is 0 Å². The van der Waals surface area contributed by atoms with E-state index in [0.717, 1.165) is 12.6 Å². The zero-order chi connectivity index (χ0) is 12.2. The van der Waals surface area contributed by atoms with Crippen molar-refractivity contribution in [3.63, 3.8) is 0 Å². The van der Waals surface area contributed by atoms with Crippen molar-refractivity contribution in [1.82, 2.24) is 10.2 Å².